The molecule has 3 rings (SSSR count). The smallest absolute Gasteiger partial charge is 0.243 e. The fraction of sp³-hybridized carbons (Fsp3) is 0.391. The summed E-state index contributed by atoms with van der Waals surface area (Å²) in [6, 6.07) is 16.3. The number of benzene rings is 2. The maximum atomic E-state index is 12.6. The number of nitrogens with one attached hydrogen (secondary N) is 1. The lowest BCUT2D eigenvalue weighted by atomic mass is 10.1. The molecule has 1 unspecified atom stereocenters. The van der Waals surface area contributed by atoms with Crippen molar-refractivity contribution in [3.63, 3.8) is 0 Å². The number of sulfonamides is 1. The van der Waals surface area contributed by atoms with Crippen LogP contribution in [0.25, 0.3) is 0 Å². The fourth-order valence-electron chi connectivity index (χ4n) is 3.73. The van der Waals surface area contributed by atoms with E-state index in [1.807, 2.05) is 30.3 Å². The van der Waals surface area contributed by atoms with Crippen LogP contribution in [-0.4, -0.2) is 49.1 Å². The molecule has 2 aromatic rings. The van der Waals surface area contributed by atoms with Gasteiger partial charge in [-0.05, 0) is 23.3 Å². The summed E-state index contributed by atoms with van der Waals surface area (Å²) in [7, 11) is -3.50. The summed E-state index contributed by atoms with van der Waals surface area (Å²) in [4.78, 5) is 26.8. The summed E-state index contributed by atoms with van der Waals surface area (Å²) >= 11 is 0. The van der Waals surface area contributed by atoms with Crippen LogP contribution in [0.15, 0.2) is 59.5 Å². The second kappa shape index (κ2) is 10.1. The van der Waals surface area contributed by atoms with Gasteiger partial charge in [-0.25, -0.2) is 8.42 Å². The maximum absolute atomic E-state index is 12.6. The molecule has 7 nitrogen and oxygen atoms in total. The molecule has 2 aromatic carbocycles. The van der Waals surface area contributed by atoms with Gasteiger partial charge in [0.15, 0.2) is 0 Å². The number of amides is 2. The molecule has 0 bridgehead atoms. The van der Waals surface area contributed by atoms with Crippen molar-refractivity contribution in [1.29, 1.82) is 0 Å². The maximum Gasteiger partial charge on any atom is 0.243 e. The highest BCUT2D eigenvalue weighted by molar-refractivity contribution is 7.89. The third-order valence-electron chi connectivity index (χ3n) is 5.53. The summed E-state index contributed by atoms with van der Waals surface area (Å²) in [5.74, 6) is -0.558. The molecular weight excluding hydrogens is 414 g/mol. The number of likely N-dealkylation sites (tertiary alicyclic amines) is 1. The molecule has 0 aliphatic carbocycles. The molecule has 0 spiro atoms. The number of nitrogens with zero attached hydrogens (tertiary/aromatic N) is 2. The van der Waals surface area contributed by atoms with Crippen molar-refractivity contribution >= 4 is 21.8 Å². The molecule has 0 saturated carbocycles. The minimum absolute atomic E-state index is 0.0186. The van der Waals surface area contributed by atoms with E-state index in [-0.39, 0.29) is 35.6 Å². The zero-order valence-electron chi connectivity index (χ0n) is 18.0. The van der Waals surface area contributed by atoms with E-state index >= 15 is 0 Å². The van der Waals surface area contributed by atoms with Crippen LogP contribution in [0.3, 0.4) is 0 Å². The van der Waals surface area contributed by atoms with Gasteiger partial charge < -0.3 is 10.2 Å². The van der Waals surface area contributed by atoms with E-state index in [1.54, 1.807) is 43.0 Å². The van der Waals surface area contributed by atoms with E-state index in [9.17, 15) is 18.0 Å². The van der Waals surface area contributed by atoms with E-state index in [0.717, 1.165) is 11.1 Å². The monoisotopic (exact) mass is 443 g/mol. The first kappa shape index (κ1) is 23.0. The predicted molar refractivity (Wildman–Crippen MR) is 118 cm³/mol. The second-order valence-corrected chi connectivity index (χ2v) is 9.55. The Morgan fingerprint density at radius 3 is 2.29 bits per heavy atom. The van der Waals surface area contributed by atoms with Crippen LogP contribution >= 0.6 is 0 Å². The van der Waals surface area contributed by atoms with Gasteiger partial charge in [-0.1, -0.05) is 56.3 Å². The summed E-state index contributed by atoms with van der Waals surface area (Å²) < 4.78 is 26.5. The summed E-state index contributed by atoms with van der Waals surface area (Å²) in [5.41, 5.74) is 1.84. The first-order chi connectivity index (χ1) is 14.8. The number of carbonyl (C=O) groups is 2. The highest BCUT2D eigenvalue weighted by Crippen LogP contribution is 2.21. The third-order valence-corrected chi connectivity index (χ3v) is 7.60. The summed E-state index contributed by atoms with van der Waals surface area (Å²) in [6.45, 7) is 5.63. The van der Waals surface area contributed by atoms with Gasteiger partial charge in [0, 0.05) is 39.1 Å². The van der Waals surface area contributed by atoms with Crippen LogP contribution < -0.4 is 5.32 Å². The largest absolute Gasteiger partial charge is 0.352 e. The number of hydrogen-bond acceptors (Lipinski definition) is 4. The molecule has 31 heavy (non-hydrogen) atoms. The van der Waals surface area contributed by atoms with Crippen molar-refractivity contribution in [3.05, 3.63) is 65.7 Å². The first-order valence-corrected chi connectivity index (χ1v) is 12.0. The summed E-state index contributed by atoms with van der Waals surface area (Å²) in [5, 5.41) is 2.87. The molecule has 1 atom stereocenters. The van der Waals surface area contributed by atoms with E-state index in [2.05, 4.69) is 5.32 Å². The van der Waals surface area contributed by atoms with Gasteiger partial charge in [0.1, 0.15) is 0 Å². The van der Waals surface area contributed by atoms with Gasteiger partial charge in [-0.3, -0.25) is 9.59 Å². The average molecular weight is 444 g/mol. The van der Waals surface area contributed by atoms with Crippen LogP contribution in [0.2, 0.25) is 0 Å². The Morgan fingerprint density at radius 1 is 1.03 bits per heavy atom. The third kappa shape index (κ3) is 5.51. The van der Waals surface area contributed by atoms with Gasteiger partial charge in [0.25, 0.3) is 0 Å². The number of carbonyl (C=O) groups excluding carboxylic acids is 2. The zero-order chi connectivity index (χ0) is 22.4. The van der Waals surface area contributed by atoms with Gasteiger partial charge >= 0.3 is 0 Å². The standard InChI is InChI=1S/C23H29N3O4S/c1-3-26(4-2)31(29,30)21-12-10-18(11-13-21)15-24-23(28)20-14-22(27)25(17-20)16-19-8-6-5-7-9-19/h5-13,20H,3-4,14-17H2,1-2H3,(H,24,28). The predicted octanol–water partition coefficient (Wildman–Crippen LogP) is 2.38. The molecule has 0 radical (unpaired) electrons. The van der Waals surface area contributed by atoms with Crippen LogP contribution in [0, 0.1) is 5.92 Å². The molecule has 1 saturated heterocycles. The van der Waals surface area contributed by atoms with Crippen molar-refractivity contribution in [3.8, 4) is 0 Å². The minimum atomic E-state index is -3.50. The SMILES string of the molecule is CCN(CC)S(=O)(=O)c1ccc(CNC(=O)C2CC(=O)N(Cc3ccccc3)C2)cc1. The van der Waals surface area contributed by atoms with Crippen LogP contribution in [0.1, 0.15) is 31.4 Å². The van der Waals surface area contributed by atoms with Crippen LogP contribution in [-0.2, 0) is 32.7 Å². The molecular formula is C23H29N3O4S. The Kier molecular flexibility index (Phi) is 7.46. The molecule has 1 N–H and O–H groups in total. The van der Waals surface area contributed by atoms with Crippen molar-refractivity contribution in [2.24, 2.45) is 5.92 Å². The highest BCUT2D eigenvalue weighted by atomic mass is 32.2. The average Bonchev–Trinajstić information content (AvgIpc) is 3.14. The lowest BCUT2D eigenvalue weighted by molar-refractivity contribution is -0.129. The van der Waals surface area contributed by atoms with Crippen molar-refractivity contribution in [2.45, 2.75) is 38.3 Å². The van der Waals surface area contributed by atoms with Crippen molar-refractivity contribution in [2.75, 3.05) is 19.6 Å². The van der Waals surface area contributed by atoms with E-state index in [1.165, 1.54) is 4.31 Å². The molecule has 166 valence electrons. The number of rotatable bonds is 9. The molecule has 0 aromatic heterocycles. The molecule has 1 aliphatic rings. The van der Waals surface area contributed by atoms with E-state index in [0.29, 0.717) is 26.2 Å². The van der Waals surface area contributed by atoms with Crippen LogP contribution in [0.5, 0.6) is 0 Å². The number of hydrogen-bond donors (Lipinski definition) is 1. The molecule has 8 heteroatoms. The lowest BCUT2D eigenvalue weighted by Crippen LogP contribution is -2.32. The topological polar surface area (TPSA) is 86.8 Å². The zero-order valence-corrected chi connectivity index (χ0v) is 18.8. The Labute approximate surface area is 184 Å². The van der Waals surface area contributed by atoms with Gasteiger partial charge in [0.2, 0.25) is 21.8 Å². The van der Waals surface area contributed by atoms with E-state index < -0.39 is 10.0 Å². The normalized spacial score (nSPS) is 16.7. The molecule has 1 aliphatic heterocycles. The second-order valence-electron chi connectivity index (χ2n) is 7.61. The Hall–Kier alpha value is -2.71. The minimum Gasteiger partial charge on any atom is -0.352 e. The van der Waals surface area contributed by atoms with Gasteiger partial charge in [0.05, 0.1) is 10.8 Å². The molecule has 1 heterocycles. The van der Waals surface area contributed by atoms with Crippen LogP contribution in [0.4, 0.5) is 0 Å². The van der Waals surface area contributed by atoms with Crippen molar-refractivity contribution in [1.82, 2.24) is 14.5 Å². The Bertz CT molecular complexity index is 1000. The molecule has 2 amide bonds. The first-order valence-electron chi connectivity index (χ1n) is 10.5. The lowest BCUT2D eigenvalue weighted by Gasteiger charge is -2.18. The van der Waals surface area contributed by atoms with Gasteiger partial charge in [-0.15, -0.1) is 0 Å². The Balaban J connectivity index is 1.54. The van der Waals surface area contributed by atoms with E-state index in [4.69, 9.17) is 0 Å². The highest BCUT2D eigenvalue weighted by Gasteiger charge is 2.34. The van der Waals surface area contributed by atoms with Crippen molar-refractivity contribution < 1.29 is 18.0 Å². The summed E-state index contributed by atoms with van der Waals surface area (Å²) in [6.07, 6.45) is 0.208. The van der Waals surface area contributed by atoms with Gasteiger partial charge in [-0.2, -0.15) is 4.31 Å². The Morgan fingerprint density at radius 2 is 1.68 bits per heavy atom. The molecule has 1 fully saturated rings. The fourth-order valence-corrected chi connectivity index (χ4v) is 5.19. The quantitative estimate of drug-likeness (QED) is 0.645.